The van der Waals surface area contributed by atoms with E-state index in [0.29, 0.717) is 18.5 Å². The second kappa shape index (κ2) is 9.11. The first kappa shape index (κ1) is 19.5. The van der Waals surface area contributed by atoms with Gasteiger partial charge in [0.15, 0.2) is 5.65 Å². The SMILES string of the molecule is O=C(NCCc1nnc2ccccn12)c1ccc(CSc2ccc(Cl)cc2)cc1. The van der Waals surface area contributed by atoms with Gasteiger partial charge < -0.3 is 5.32 Å². The standard InChI is InChI=1S/C22H19ClN4OS/c23-18-8-10-19(11-9-18)29-15-16-4-6-17(7-5-16)22(28)24-13-12-21-26-25-20-3-1-2-14-27(20)21/h1-11,14H,12-13,15H2,(H,24,28). The molecule has 0 aliphatic heterocycles. The first-order valence-corrected chi connectivity index (χ1v) is 10.6. The van der Waals surface area contributed by atoms with Crippen molar-refractivity contribution < 1.29 is 4.79 Å². The summed E-state index contributed by atoms with van der Waals surface area (Å²) in [6.45, 7) is 0.503. The van der Waals surface area contributed by atoms with Gasteiger partial charge in [-0.05, 0) is 54.1 Å². The number of halogens is 1. The minimum Gasteiger partial charge on any atom is -0.352 e. The fourth-order valence-corrected chi connectivity index (χ4v) is 3.88. The normalized spacial score (nSPS) is 10.9. The second-order valence-electron chi connectivity index (χ2n) is 6.49. The van der Waals surface area contributed by atoms with E-state index in [-0.39, 0.29) is 5.91 Å². The van der Waals surface area contributed by atoms with E-state index in [1.54, 1.807) is 11.8 Å². The van der Waals surface area contributed by atoms with Crippen LogP contribution in [0.1, 0.15) is 21.7 Å². The topological polar surface area (TPSA) is 59.3 Å². The van der Waals surface area contributed by atoms with Crippen molar-refractivity contribution in [2.24, 2.45) is 0 Å². The molecule has 0 fully saturated rings. The molecule has 0 atom stereocenters. The molecule has 0 bridgehead atoms. The number of aromatic nitrogens is 3. The predicted molar refractivity (Wildman–Crippen MR) is 116 cm³/mol. The van der Waals surface area contributed by atoms with Gasteiger partial charge >= 0.3 is 0 Å². The van der Waals surface area contributed by atoms with Gasteiger partial charge in [0.25, 0.3) is 5.91 Å². The Morgan fingerprint density at radius 1 is 1.00 bits per heavy atom. The van der Waals surface area contributed by atoms with Gasteiger partial charge in [-0.2, -0.15) is 0 Å². The number of rotatable bonds is 7. The summed E-state index contributed by atoms with van der Waals surface area (Å²) < 4.78 is 1.93. The van der Waals surface area contributed by atoms with Crippen molar-refractivity contribution in [2.45, 2.75) is 17.1 Å². The Hall–Kier alpha value is -2.83. The molecule has 2 heterocycles. The third kappa shape index (κ3) is 4.96. The molecule has 4 aromatic rings. The number of benzene rings is 2. The largest absolute Gasteiger partial charge is 0.352 e. The molecule has 0 aliphatic carbocycles. The summed E-state index contributed by atoms with van der Waals surface area (Å²) >= 11 is 7.65. The maximum Gasteiger partial charge on any atom is 0.251 e. The zero-order chi connectivity index (χ0) is 20.1. The summed E-state index contributed by atoms with van der Waals surface area (Å²) in [5, 5.41) is 12.0. The summed E-state index contributed by atoms with van der Waals surface area (Å²) in [6.07, 6.45) is 2.54. The lowest BCUT2D eigenvalue weighted by atomic mass is 10.1. The molecule has 1 amide bonds. The van der Waals surface area contributed by atoms with Crippen LogP contribution in [0.25, 0.3) is 5.65 Å². The van der Waals surface area contributed by atoms with Crippen LogP contribution in [0.3, 0.4) is 0 Å². The van der Waals surface area contributed by atoms with E-state index in [0.717, 1.165) is 32.7 Å². The Morgan fingerprint density at radius 3 is 2.59 bits per heavy atom. The van der Waals surface area contributed by atoms with Crippen molar-refractivity contribution in [3.63, 3.8) is 0 Å². The highest BCUT2D eigenvalue weighted by Gasteiger charge is 2.08. The van der Waals surface area contributed by atoms with E-state index in [2.05, 4.69) is 15.5 Å². The highest BCUT2D eigenvalue weighted by atomic mass is 35.5. The quantitative estimate of drug-likeness (QED) is 0.440. The second-order valence-corrected chi connectivity index (χ2v) is 7.98. The number of hydrogen-bond acceptors (Lipinski definition) is 4. The molecule has 7 heteroatoms. The Kier molecular flexibility index (Phi) is 6.12. The van der Waals surface area contributed by atoms with Gasteiger partial charge in [0, 0.05) is 40.4 Å². The lowest BCUT2D eigenvalue weighted by molar-refractivity contribution is 0.0954. The molecule has 5 nitrogen and oxygen atoms in total. The summed E-state index contributed by atoms with van der Waals surface area (Å²) in [6, 6.07) is 21.3. The number of nitrogens with one attached hydrogen (secondary N) is 1. The number of amides is 1. The van der Waals surface area contributed by atoms with E-state index in [9.17, 15) is 4.79 Å². The average molecular weight is 423 g/mol. The van der Waals surface area contributed by atoms with Crippen molar-refractivity contribution >= 4 is 34.9 Å². The average Bonchev–Trinajstić information content (AvgIpc) is 3.17. The van der Waals surface area contributed by atoms with Crippen molar-refractivity contribution in [1.82, 2.24) is 19.9 Å². The van der Waals surface area contributed by atoms with Gasteiger partial charge in [-0.3, -0.25) is 9.20 Å². The number of carbonyl (C=O) groups excluding carboxylic acids is 1. The fraction of sp³-hybridized carbons (Fsp3) is 0.136. The number of fused-ring (bicyclic) bond motifs is 1. The first-order chi connectivity index (χ1) is 14.2. The molecule has 146 valence electrons. The van der Waals surface area contributed by atoms with Crippen LogP contribution in [0.5, 0.6) is 0 Å². The van der Waals surface area contributed by atoms with Gasteiger partial charge in [0.1, 0.15) is 5.82 Å². The number of pyridine rings is 1. The number of thioether (sulfide) groups is 1. The van der Waals surface area contributed by atoms with Crippen molar-refractivity contribution in [3.05, 3.63) is 94.9 Å². The molecule has 2 aromatic carbocycles. The monoisotopic (exact) mass is 422 g/mol. The van der Waals surface area contributed by atoms with Gasteiger partial charge in [-0.15, -0.1) is 22.0 Å². The Morgan fingerprint density at radius 2 is 1.79 bits per heavy atom. The predicted octanol–water partition coefficient (Wildman–Crippen LogP) is 4.65. The molecule has 0 saturated heterocycles. The van der Waals surface area contributed by atoms with Gasteiger partial charge in [-0.25, -0.2) is 0 Å². The molecule has 1 N–H and O–H groups in total. The third-order valence-corrected chi connectivity index (χ3v) is 5.79. The first-order valence-electron chi connectivity index (χ1n) is 9.23. The Balaban J connectivity index is 1.28. The summed E-state index contributed by atoms with van der Waals surface area (Å²) in [7, 11) is 0. The van der Waals surface area contributed by atoms with Gasteiger partial charge in [-0.1, -0.05) is 29.8 Å². The molecular weight excluding hydrogens is 404 g/mol. The maximum absolute atomic E-state index is 12.4. The van der Waals surface area contributed by atoms with Crippen LogP contribution in [0.15, 0.2) is 77.8 Å². The summed E-state index contributed by atoms with van der Waals surface area (Å²) in [4.78, 5) is 13.6. The molecule has 0 spiro atoms. The number of carbonyl (C=O) groups is 1. The Labute approximate surface area is 178 Å². The van der Waals surface area contributed by atoms with E-state index in [1.165, 1.54) is 0 Å². The van der Waals surface area contributed by atoms with Crippen molar-refractivity contribution in [2.75, 3.05) is 6.54 Å². The summed E-state index contributed by atoms with van der Waals surface area (Å²) in [5.74, 6) is 1.58. The van der Waals surface area contributed by atoms with E-state index >= 15 is 0 Å². The molecule has 0 unspecified atom stereocenters. The van der Waals surface area contributed by atoms with E-state index in [4.69, 9.17) is 11.6 Å². The highest BCUT2D eigenvalue weighted by molar-refractivity contribution is 7.98. The lowest BCUT2D eigenvalue weighted by Crippen LogP contribution is -2.26. The molecule has 0 aliphatic rings. The number of nitrogens with zero attached hydrogens (tertiary/aromatic N) is 3. The molecule has 4 rings (SSSR count). The van der Waals surface area contributed by atoms with Crippen molar-refractivity contribution in [3.8, 4) is 0 Å². The zero-order valence-corrected chi connectivity index (χ0v) is 17.2. The minimum absolute atomic E-state index is 0.0873. The molecule has 2 aromatic heterocycles. The minimum atomic E-state index is -0.0873. The summed E-state index contributed by atoms with van der Waals surface area (Å²) in [5.41, 5.74) is 2.62. The van der Waals surface area contributed by atoms with Crippen molar-refractivity contribution in [1.29, 1.82) is 0 Å². The Bertz CT molecular complexity index is 1110. The van der Waals surface area contributed by atoms with Crippen LogP contribution in [0.2, 0.25) is 5.02 Å². The molecule has 0 saturated carbocycles. The third-order valence-electron chi connectivity index (χ3n) is 4.45. The molecule has 29 heavy (non-hydrogen) atoms. The lowest BCUT2D eigenvalue weighted by Gasteiger charge is -2.06. The van der Waals surface area contributed by atoms with Crippen LogP contribution in [0, 0.1) is 0 Å². The number of hydrogen-bond donors (Lipinski definition) is 1. The van der Waals surface area contributed by atoms with Crippen LogP contribution in [-0.2, 0) is 12.2 Å². The van der Waals surface area contributed by atoms with Gasteiger partial charge in [0.2, 0.25) is 0 Å². The smallest absolute Gasteiger partial charge is 0.251 e. The van der Waals surface area contributed by atoms with Gasteiger partial charge in [0.05, 0.1) is 0 Å². The zero-order valence-electron chi connectivity index (χ0n) is 15.6. The maximum atomic E-state index is 12.4. The fourth-order valence-electron chi connectivity index (χ4n) is 2.90. The highest BCUT2D eigenvalue weighted by Crippen LogP contribution is 2.24. The van der Waals surface area contributed by atoms with Crippen LogP contribution in [-0.4, -0.2) is 27.0 Å². The van der Waals surface area contributed by atoms with Crippen LogP contribution >= 0.6 is 23.4 Å². The van der Waals surface area contributed by atoms with Crippen LogP contribution in [0.4, 0.5) is 0 Å². The van der Waals surface area contributed by atoms with E-state index in [1.807, 2.05) is 77.3 Å². The molecular formula is C22H19ClN4OS. The van der Waals surface area contributed by atoms with E-state index < -0.39 is 0 Å². The van der Waals surface area contributed by atoms with Crippen LogP contribution < -0.4 is 5.32 Å². The molecule has 0 radical (unpaired) electrons.